The molecule has 8 nitrogen and oxygen atoms in total. The lowest BCUT2D eigenvalue weighted by atomic mass is 10.1. The highest BCUT2D eigenvalue weighted by Crippen LogP contribution is 2.37. The molecule has 1 heterocycles. The van der Waals surface area contributed by atoms with Crippen LogP contribution in [0.5, 0.6) is 0 Å². The van der Waals surface area contributed by atoms with Gasteiger partial charge < -0.3 is 19.7 Å². The molecule has 2 N–H and O–H groups in total. The first-order chi connectivity index (χ1) is 18.4. The van der Waals surface area contributed by atoms with Crippen molar-refractivity contribution < 1.29 is 24.2 Å². The number of aromatic nitrogens is 2. The molecule has 5 rings (SSSR count). The molecule has 38 heavy (non-hydrogen) atoms. The quantitative estimate of drug-likeness (QED) is 0.286. The Bertz CT molecular complexity index is 1500. The zero-order chi connectivity index (χ0) is 26.6. The number of carbonyl (C=O) groups excluding carboxylic acids is 2. The minimum absolute atomic E-state index is 0.167. The van der Waals surface area contributed by atoms with E-state index in [1.54, 1.807) is 43.3 Å². The molecule has 0 spiro atoms. The first kappa shape index (κ1) is 25.2. The van der Waals surface area contributed by atoms with Crippen molar-refractivity contribution in [2.45, 2.75) is 45.1 Å². The number of amides is 1. The van der Waals surface area contributed by atoms with Crippen molar-refractivity contribution in [2.75, 3.05) is 11.9 Å². The van der Waals surface area contributed by atoms with E-state index in [-0.39, 0.29) is 17.9 Å². The third-order valence-corrected chi connectivity index (χ3v) is 6.86. The van der Waals surface area contributed by atoms with Crippen LogP contribution in [0.2, 0.25) is 0 Å². The van der Waals surface area contributed by atoms with Crippen molar-refractivity contribution in [1.29, 1.82) is 0 Å². The monoisotopic (exact) mass is 511 g/mol. The van der Waals surface area contributed by atoms with Gasteiger partial charge in [0.2, 0.25) is 5.91 Å². The molecule has 0 radical (unpaired) electrons. The van der Waals surface area contributed by atoms with Crippen LogP contribution in [0.3, 0.4) is 0 Å². The number of ether oxygens (including phenoxy) is 1. The third kappa shape index (κ3) is 5.29. The Morgan fingerprint density at radius 3 is 2.45 bits per heavy atom. The van der Waals surface area contributed by atoms with E-state index < -0.39 is 11.9 Å². The van der Waals surface area contributed by atoms with Crippen LogP contribution in [0.15, 0.2) is 66.7 Å². The summed E-state index contributed by atoms with van der Waals surface area (Å²) in [6.45, 7) is 2.05. The van der Waals surface area contributed by atoms with Gasteiger partial charge in [-0.2, -0.15) is 0 Å². The van der Waals surface area contributed by atoms with E-state index in [0.29, 0.717) is 29.4 Å². The molecule has 0 saturated heterocycles. The summed E-state index contributed by atoms with van der Waals surface area (Å²) < 4.78 is 7.23. The Kier molecular flexibility index (Phi) is 7.22. The number of carboxylic acid groups (broad SMARTS) is 1. The third-order valence-electron chi connectivity index (χ3n) is 6.86. The van der Waals surface area contributed by atoms with E-state index in [2.05, 4.69) is 9.88 Å². The molecule has 1 aliphatic carbocycles. The Labute approximate surface area is 220 Å². The van der Waals surface area contributed by atoms with E-state index >= 15 is 0 Å². The standard InChI is InChI=1S/C30H29N3O5/c1-2-38-30(37)20-10-13-23(14-11-20)31-27(34)17-19-6-5-7-21(16-19)28-32-25-18-22(29(35)36)12-15-26(25)33(28)24-8-3-4-9-24/h5-7,10-16,18,24H,2-4,8-9,17H2,1H3,(H,31,34)(H,35,36). The highest BCUT2D eigenvalue weighted by molar-refractivity contribution is 5.95. The Hall–Kier alpha value is -4.46. The molecule has 1 amide bonds. The van der Waals surface area contributed by atoms with Gasteiger partial charge in [0.05, 0.1) is 35.2 Å². The summed E-state index contributed by atoms with van der Waals surface area (Å²) >= 11 is 0. The van der Waals surface area contributed by atoms with Crippen molar-refractivity contribution in [3.05, 3.63) is 83.4 Å². The normalized spacial score (nSPS) is 13.5. The predicted molar refractivity (Wildman–Crippen MR) is 144 cm³/mol. The van der Waals surface area contributed by atoms with E-state index in [1.165, 1.54) is 0 Å². The summed E-state index contributed by atoms with van der Waals surface area (Å²) in [6.07, 6.45) is 4.57. The van der Waals surface area contributed by atoms with E-state index in [4.69, 9.17) is 9.72 Å². The minimum Gasteiger partial charge on any atom is -0.478 e. The summed E-state index contributed by atoms with van der Waals surface area (Å²) in [4.78, 5) is 41.0. The molecule has 3 aromatic carbocycles. The summed E-state index contributed by atoms with van der Waals surface area (Å²) in [7, 11) is 0. The number of nitrogens with zero attached hydrogens (tertiary/aromatic N) is 2. The molecule has 194 valence electrons. The number of hydrogen-bond donors (Lipinski definition) is 2. The second kappa shape index (κ2) is 10.9. The smallest absolute Gasteiger partial charge is 0.338 e. The van der Waals surface area contributed by atoms with Crippen LogP contribution < -0.4 is 5.32 Å². The molecule has 0 bridgehead atoms. The second-order valence-electron chi connectivity index (χ2n) is 9.48. The Balaban J connectivity index is 1.38. The maximum absolute atomic E-state index is 12.8. The van der Waals surface area contributed by atoms with Gasteiger partial charge in [-0.3, -0.25) is 4.79 Å². The fourth-order valence-electron chi connectivity index (χ4n) is 5.08. The first-order valence-corrected chi connectivity index (χ1v) is 12.8. The van der Waals surface area contributed by atoms with Crippen molar-refractivity contribution in [2.24, 2.45) is 0 Å². The summed E-state index contributed by atoms with van der Waals surface area (Å²) in [5, 5.41) is 12.3. The van der Waals surface area contributed by atoms with Gasteiger partial charge in [0.25, 0.3) is 0 Å². The Morgan fingerprint density at radius 2 is 1.74 bits per heavy atom. The van der Waals surface area contributed by atoms with Crippen molar-refractivity contribution in [1.82, 2.24) is 9.55 Å². The number of hydrogen-bond acceptors (Lipinski definition) is 5. The predicted octanol–water partition coefficient (Wildman–Crippen LogP) is 5.87. The average Bonchev–Trinajstić information content (AvgIpc) is 3.56. The van der Waals surface area contributed by atoms with Gasteiger partial charge in [-0.05, 0) is 73.9 Å². The number of aromatic carboxylic acids is 1. The maximum Gasteiger partial charge on any atom is 0.338 e. The van der Waals surface area contributed by atoms with Crippen LogP contribution in [-0.2, 0) is 16.0 Å². The summed E-state index contributed by atoms with van der Waals surface area (Å²) in [6, 6.07) is 19.7. The lowest BCUT2D eigenvalue weighted by Gasteiger charge is -2.17. The minimum atomic E-state index is -0.979. The van der Waals surface area contributed by atoms with E-state index in [9.17, 15) is 19.5 Å². The van der Waals surface area contributed by atoms with Gasteiger partial charge in [0.1, 0.15) is 5.82 Å². The lowest BCUT2D eigenvalue weighted by Crippen LogP contribution is -2.14. The molecule has 1 fully saturated rings. The number of nitrogens with one attached hydrogen (secondary N) is 1. The second-order valence-corrected chi connectivity index (χ2v) is 9.48. The van der Waals surface area contributed by atoms with Gasteiger partial charge in [-0.25, -0.2) is 14.6 Å². The summed E-state index contributed by atoms with van der Waals surface area (Å²) in [5.74, 6) is -0.773. The van der Waals surface area contributed by atoms with Crippen molar-refractivity contribution >= 4 is 34.6 Å². The molecule has 0 unspecified atom stereocenters. The Morgan fingerprint density at radius 1 is 1.00 bits per heavy atom. The fourth-order valence-corrected chi connectivity index (χ4v) is 5.08. The van der Waals surface area contributed by atoms with Gasteiger partial charge in [0.15, 0.2) is 0 Å². The molecular weight excluding hydrogens is 482 g/mol. The SMILES string of the molecule is CCOC(=O)c1ccc(NC(=O)Cc2cccc(-c3nc4cc(C(=O)O)ccc4n3C3CCCC3)c2)cc1. The highest BCUT2D eigenvalue weighted by Gasteiger charge is 2.24. The van der Waals surface area contributed by atoms with Crippen LogP contribution in [0.4, 0.5) is 5.69 Å². The average molecular weight is 512 g/mol. The number of esters is 1. The number of fused-ring (bicyclic) bond motifs is 1. The number of rotatable bonds is 8. The number of anilines is 1. The van der Waals surface area contributed by atoms with Gasteiger partial charge >= 0.3 is 11.9 Å². The summed E-state index contributed by atoms with van der Waals surface area (Å²) in [5.41, 5.74) is 4.52. The zero-order valence-corrected chi connectivity index (χ0v) is 21.1. The van der Waals surface area contributed by atoms with Crippen molar-refractivity contribution in [3.63, 3.8) is 0 Å². The number of benzene rings is 3. The topological polar surface area (TPSA) is 111 Å². The molecular formula is C30H29N3O5. The van der Waals surface area contributed by atoms with Crippen molar-refractivity contribution in [3.8, 4) is 11.4 Å². The zero-order valence-electron chi connectivity index (χ0n) is 21.1. The van der Waals surface area contributed by atoms with Crippen LogP contribution in [0, 0.1) is 0 Å². The molecule has 1 aliphatic rings. The largest absolute Gasteiger partial charge is 0.478 e. The van der Waals surface area contributed by atoms with Gasteiger partial charge in [0, 0.05) is 17.3 Å². The van der Waals surface area contributed by atoms with E-state index in [0.717, 1.165) is 48.2 Å². The maximum atomic E-state index is 12.8. The van der Waals surface area contributed by atoms with Crippen LogP contribution in [-0.4, -0.2) is 39.1 Å². The van der Waals surface area contributed by atoms with Gasteiger partial charge in [-0.1, -0.05) is 31.0 Å². The first-order valence-electron chi connectivity index (χ1n) is 12.8. The van der Waals surface area contributed by atoms with E-state index in [1.807, 2.05) is 30.3 Å². The van der Waals surface area contributed by atoms with Gasteiger partial charge in [-0.15, -0.1) is 0 Å². The molecule has 0 atom stereocenters. The molecule has 1 aromatic heterocycles. The number of carboxylic acids is 1. The molecule has 4 aromatic rings. The molecule has 0 aliphatic heterocycles. The van der Waals surface area contributed by atoms with Crippen LogP contribution in [0.25, 0.3) is 22.4 Å². The highest BCUT2D eigenvalue weighted by atomic mass is 16.5. The molecule has 8 heteroatoms. The lowest BCUT2D eigenvalue weighted by molar-refractivity contribution is -0.115. The van der Waals surface area contributed by atoms with Crippen LogP contribution in [0.1, 0.15) is 64.9 Å². The van der Waals surface area contributed by atoms with Crippen LogP contribution >= 0.6 is 0 Å². The molecule has 1 saturated carbocycles. The number of imidazole rings is 1. The fraction of sp³-hybridized carbons (Fsp3) is 0.267. The number of carbonyl (C=O) groups is 3.